The summed E-state index contributed by atoms with van der Waals surface area (Å²) in [5.74, 6) is -0.724. The Morgan fingerprint density at radius 3 is 1.73 bits per heavy atom. The van der Waals surface area contributed by atoms with Gasteiger partial charge in [0.2, 0.25) is 0 Å². The molecule has 0 heterocycles. The molecule has 4 nitrogen and oxygen atoms in total. The van der Waals surface area contributed by atoms with Gasteiger partial charge >= 0.3 is 11.9 Å². The smallest absolute Gasteiger partial charge is 0.306 e. The van der Waals surface area contributed by atoms with Gasteiger partial charge in [0.05, 0.1) is 6.10 Å². The predicted molar refractivity (Wildman–Crippen MR) is 91.0 cm³/mol. The molecule has 0 aromatic heterocycles. The molecule has 1 N–H and O–H groups in total. The van der Waals surface area contributed by atoms with Gasteiger partial charge in [-0.3, -0.25) is 9.59 Å². The van der Waals surface area contributed by atoms with E-state index in [4.69, 9.17) is 9.84 Å². The number of hydrogen-bond donors (Lipinski definition) is 1. The molecule has 0 rings (SSSR count). The minimum Gasteiger partial charge on any atom is -0.481 e. The van der Waals surface area contributed by atoms with Crippen molar-refractivity contribution in [2.24, 2.45) is 0 Å². The topological polar surface area (TPSA) is 63.6 Å². The maximum absolute atomic E-state index is 11.0. The summed E-state index contributed by atoms with van der Waals surface area (Å²) in [6, 6.07) is 0. The van der Waals surface area contributed by atoms with E-state index in [1.54, 1.807) is 0 Å². The van der Waals surface area contributed by atoms with Crippen molar-refractivity contribution in [2.75, 3.05) is 0 Å². The molecular formula is C18H36O4. The first kappa shape index (κ1) is 23.2. The van der Waals surface area contributed by atoms with Gasteiger partial charge < -0.3 is 9.84 Å². The lowest BCUT2D eigenvalue weighted by atomic mass is 10.1. The molecule has 0 aliphatic carbocycles. The van der Waals surface area contributed by atoms with Crippen molar-refractivity contribution in [1.82, 2.24) is 0 Å². The second kappa shape index (κ2) is 18.0. The first-order valence-corrected chi connectivity index (χ1v) is 8.85. The third-order valence-electron chi connectivity index (χ3n) is 3.10. The second-order valence-corrected chi connectivity index (χ2v) is 5.91. The van der Waals surface area contributed by atoms with E-state index >= 15 is 0 Å². The van der Waals surface area contributed by atoms with Crippen molar-refractivity contribution in [2.45, 2.75) is 104 Å². The Labute approximate surface area is 136 Å². The Morgan fingerprint density at radius 2 is 1.27 bits per heavy atom. The molecule has 0 amide bonds. The van der Waals surface area contributed by atoms with Crippen LogP contribution in [0.5, 0.6) is 0 Å². The van der Waals surface area contributed by atoms with Crippen LogP contribution < -0.4 is 0 Å². The number of carboxylic acid groups (broad SMARTS) is 1. The summed E-state index contributed by atoms with van der Waals surface area (Å²) < 4.78 is 4.99. The molecule has 4 heteroatoms. The maximum atomic E-state index is 11.0. The van der Waals surface area contributed by atoms with Gasteiger partial charge in [-0.05, 0) is 26.7 Å². The van der Waals surface area contributed by atoms with Gasteiger partial charge in [0, 0.05) is 12.8 Å². The van der Waals surface area contributed by atoms with Crippen LogP contribution in [0.25, 0.3) is 0 Å². The first-order valence-electron chi connectivity index (χ1n) is 8.85. The number of hydrogen-bond acceptors (Lipinski definition) is 3. The summed E-state index contributed by atoms with van der Waals surface area (Å²) in [6.07, 6.45) is 11.0. The van der Waals surface area contributed by atoms with E-state index in [0.717, 1.165) is 25.7 Å². The Morgan fingerprint density at radius 1 is 0.818 bits per heavy atom. The van der Waals surface area contributed by atoms with Crippen molar-refractivity contribution in [3.63, 3.8) is 0 Å². The number of carbonyl (C=O) groups is 2. The minimum atomic E-state index is -0.670. The highest BCUT2D eigenvalue weighted by atomic mass is 16.5. The summed E-state index contributed by atoms with van der Waals surface area (Å²) in [6.45, 7) is 8.07. The van der Waals surface area contributed by atoms with Crippen molar-refractivity contribution in [3.8, 4) is 0 Å². The van der Waals surface area contributed by atoms with E-state index in [1.807, 2.05) is 13.8 Å². The number of ether oxygens (including phenoxy) is 1. The molecule has 132 valence electrons. The fourth-order valence-corrected chi connectivity index (χ4v) is 1.90. The van der Waals surface area contributed by atoms with Gasteiger partial charge in [0.15, 0.2) is 0 Å². The predicted octanol–water partition coefficient (Wildman–Crippen LogP) is 5.34. The Hall–Kier alpha value is -1.06. The maximum Gasteiger partial charge on any atom is 0.306 e. The van der Waals surface area contributed by atoms with Gasteiger partial charge in [0.25, 0.3) is 0 Å². The molecular weight excluding hydrogens is 280 g/mol. The molecule has 0 fully saturated rings. The van der Waals surface area contributed by atoms with Crippen LogP contribution in [-0.2, 0) is 14.3 Å². The monoisotopic (exact) mass is 316 g/mol. The molecule has 0 aliphatic heterocycles. The van der Waals surface area contributed by atoms with Crippen LogP contribution in [0.3, 0.4) is 0 Å². The lowest BCUT2D eigenvalue weighted by Crippen LogP contribution is -2.10. The molecule has 0 saturated carbocycles. The number of esters is 1. The molecule has 0 aliphatic rings. The SMILES string of the molecule is CCCCCCC(=O)OC(C)C.CCCCCCCC(=O)O. The van der Waals surface area contributed by atoms with Crippen LogP contribution in [0.1, 0.15) is 98.3 Å². The molecule has 0 bridgehead atoms. The molecule has 0 aromatic carbocycles. The van der Waals surface area contributed by atoms with Gasteiger partial charge in [-0.25, -0.2) is 0 Å². The number of carboxylic acids is 1. The summed E-state index contributed by atoms with van der Waals surface area (Å²) in [5, 5.41) is 8.27. The fourth-order valence-electron chi connectivity index (χ4n) is 1.90. The van der Waals surface area contributed by atoms with Gasteiger partial charge in [-0.1, -0.05) is 58.8 Å². The van der Waals surface area contributed by atoms with E-state index in [-0.39, 0.29) is 12.1 Å². The van der Waals surface area contributed by atoms with Crippen LogP contribution in [0.4, 0.5) is 0 Å². The number of carbonyl (C=O) groups excluding carboxylic acids is 1. The van der Waals surface area contributed by atoms with Gasteiger partial charge in [-0.15, -0.1) is 0 Å². The molecule has 0 aromatic rings. The minimum absolute atomic E-state index is 0.0312. The fraction of sp³-hybridized carbons (Fsp3) is 0.889. The molecule has 0 atom stereocenters. The molecule has 0 saturated heterocycles. The third kappa shape index (κ3) is 24.0. The molecule has 0 unspecified atom stereocenters. The van der Waals surface area contributed by atoms with E-state index in [0.29, 0.717) is 12.8 Å². The van der Waals surface area contributed by atoms with E-state index < -0.39 is 5.97 Å². The van der Waals surface area contributed by atoms with Gasteiger partial charge in [0.1, 0.15) is 0 Å². The lowest BCUT2D eigenvalue weighted by Gasteiger charge is -2.06. The quantitative estimate of drug-likeness (QED) is 0.390. The average molecular weight is 316 g/mol. The zero-order valence-corrected chi connectivity index (χ0v) is 15.0. The standard InChI is InChI=1S/C10H20O2.C8H16O2/c1-4-5-6-7-8-10(11)12-9(2)3;1-2-3-4-5-6-7-8(9)10/h9H,4-8H2,1-3H3;2-7H2,1H3,(H,9,10). The van der Waals surface area contributed by atoms with E-state index in [9.17, 15) is 9.59 Å². The third-order valence-corrected chi connectivity index (χ3v) is 3.10. The summed E-state index contributed by atoms with van der Waals surface area (Å²) in [5.41, 5.74) is 0. The normalized spacial score (nSPS) is 10.0. The van der Waals surface area contributed by atoms with Crippen LogP contribution >= 0.6 is 0 Å². The van der Waals surface area contributed by atoms with Crippen molar-refractivity contribution in [1.29, 1.82) is 0 Å². The highest BCUT2D eigenvalue weighted by molar-refractivity contribution is 5.69. The second-order valence-electron chi connectivity index (χ2n) is 5.91. The Bertz CT molecular complexity index is 262. The highest BCUT2D eigenvalue weighted by Gasteiger charge is 2.03. The number of rotatable bonds is 12. The van der Waals surface area contributed by atoms with E-state index in [2.05, 4.69) is 13.8 Å². The summed E-state index contributed by atoms with van der Waals surface area (Å²) >= 11 is 0. The Kier molecular flexibility index (Phi) is 19.0. The van der Waals surface area contributed by atoms with Crippen LogP contribution in [0.15, 0.2) is 0 Å². The van der Waals surface area contributed by atoms with Crippen molar-refractivity contribution < 1.29 is 19.4 Å². The first-order chi connectivity index (χ1) is 10.4. The number of aliphatic carboxylic acids is 1. The molecule has 22 heavy (non-hydrogen) atoms. The van der Waals surface area contributed by atoms with Gasteiger partial charge in [-0.2, -0.15) is 0 Å². The van der Waals surface area contributed by atoms with Crippen LogP contribution in [0.2, 0.25) is 0 Å². The lowest BCUT2D eigenvalue weighted by molar-refractivity contribution is -0.147. The van der Waals surface area contributed by atoms with Crippen molar-refractivity contribution >= 4 is 11.9 Å². The largest absolute Gasteiger partial charge is 0.481 e. The summed E-state index contributed by atoms with van der Waals surface area (Å²) in [4.78, 5) is 21.0. The zero-order chi connectivity index (χ0) is 17.2. The zero-order valence-electron chi connectivity index (χ0n) is 15.0. The van der Waals surface area contributed by atoms with Crippen molar-refractivity contribution in [3.05, 3.63) is 0 Å². The highest BCUT2D eigenvalue weighted by Crippen LogP contribution is 2.05. The number of unbranched alkanes of at least 4 members (excludes halogenated alkanes) is 7. The molecule has 0 spiro atoms. The summed E-state index contributed by atoms with van der Waals surface area (Å²) in [7, 11) is 0. The van der Waals surface area contributed by atoms with Crippen LogP contribution in [0, 0.1) is 0 Å². The molecule has 0 radical (unpaired) electrons. The average Bonchev–Trinajstić information content (AvgIpc) is 2.43. The van der Waals surface area contributed by atoms with E-state index in [1.165, 1.54) is 32.1 Å². The van der Waals surface area contributed by atoms with Crippen LogP contribution in [-0.4, -0.2) is 23.1 Å². The Balaban J connectivity index is 0.